The molecule has 0 aromatic carbocycles. The molecule has 0 saturated heterocycles. The number of carbonyl (C=O) groups excluding carboxylic acids is 2. The first kappa shape index (κ1) is 27.4. The monoisotopic (exact) mass is 532 g/mol. The van der Waals surface area contributed by atoms with Gasteiger partial charge in [0.1, 0.15) is 13.2 Å². The maximum atomic E-state index is 12.7. The van der Waals surface area contributed by atoms with E-state index < -0.39 is 17.2 Å². The summed E-state index contributed by atoms with van der Waals surface area (Å²) in [5.41, 5.74) is -1.07. The van der Waals surface area contributed by atoms with E-state index in [0.717, 1.165) is 51.4 Å². The fourth-order valence-electron chi connectivity index (χ4n) is 6.62. The molecule has 0 heterocycles. The average Bonchev–Trinajstić information content (AvgIpc) is 2.82. The Hall–Kier alpha value is -0.600. The Labute approximate surface area is 219 Å². The minimum absolute atomic E-state index is 0.00226. The topological polar surface area (TPSA) is 96.9 Å². The summed E-state index contributed by atoms with van der Waals surface area (Å²) in [6, 6.07) is 0. The van der Waals surface area contributed by atoms with Gasteiger partial charge in [0, 0.05) is 16.3 Å². The van der Waals surface area contributed by atoms with Gasteiger partial charge in [-0.1, -0.05) is 13.8 Å². The summed E-state index contributed by atoms with van der Waals surface area (Å²) in [7, 11) is 0. The fourth-order valence-corrected chi connectivity index (χ4v) is 7.07. The zero-order valence-electron chi connectivity index (χ0n) is 21.1. The highest BCUT2D eigenvalue weighted by atomic mass is 35.5. The quantitative estimate of drug-likeness (QED) is 0.414. The first-order valence-electron chi connectivity index (χ1n) is 13.4. The largest absolute Gasteiger partial charge is 0.391 e. The predicted molar refractivity (Wildman–Crippen MR) is 136 cm³/mol. The van der Waals surface area contributed by atoms with Crippen molar-refractivity contribution in [2.45, 2.75) is 125 Å². The number of aliphatic hydroxyl groups is 1. The van der Waals surface area contributed by atoms with Crippen molar-refractivity contribution in [3.63, 3.8) is 0 Å². The van der Waals surface area contributed by atoms with E-state index in [1.165, 1.54) is 0 Å². The Balaban J connectivity index is 1.20. The molecule has 0 radical (unpaired) electrons. The Bertz CT molecular complexity index is 760. The van der Waals surface area contributed by atoms with Gasteiger partial charge in [0.25, 0.3) is 0 Å². The van der Waals surface area contributed by atoms with Crippen LogP contribution in [0, 0.1) is 11.8 Å². The van der Waals surface area contributed by atoms with E-state index >= 15 is 0 Å². The molecular weight excluding hydrogens is 491 g/mol. The van der Waals surface area contributed by atoms with Crippen LogP contribution in [0.25, 0.3) is 0 Å². The van der Waals surface area contributed by atoms with Gasteiger partial charge in [0.2, 0.25) is 11.8 Å². The summed E-state index contributed by atoms with van der Waals surface area (Å²) >= 11 is 12.6. The van der Waals surface area contributed by atoms with Crippen LogP contribution >= 0.6 is 23.2 Å². The molecule has 7 nitrogen and oxygen atoms in total. The zero-order valence-corrected chi connectivity index (χ0v) is 22.6. The first-order valence-corrected chi connectivity index (χ1v) is 14.3. The predicted octanol–water partition coefficient (Wildman–Crippen LogP) is 3.66. The molecule has 0 aromatic rings. The van der Waals surface area contributed by atoms with Crippen molar-refractivity contribution in [3.05, 3.63) is 0 Å². The molecule has 2 amide bonds. The van der Waals surface area contributed by atoms with Gasteiger partial charge in [-0.15, -0.1) is 23.2 Å². The number of carbonyl (C=O) groups is 2. The highest BCUT2D eigenvalue weighted by molar-refractivity contribution is 6.21. The molecule has 0 aromatic heterocycles. The van der Waals surface area contributed by atoms with Crippen LogP contribution in [-0.4, -0.2) is 70.3 Å². The van der Waals surface area contributed by atoms with Crippen molar-refractivity contribution in [2.24, 2.45) is 11.8 Å². The molecule has 5 aliphatic carbocycles. The van der Waals surface area contributed by atoms with Crippen LogP contribution in [0.1, 0.15) is 84.5 Å². The standard InChI is InChI=1S/C26H42Cl2N2O5/c1-16-11-18(3-5-20(16)27)34-14-23(32)29-25-7-9-26(10-8-25,22(31)13-25)30-24(33)15-35-19-4-6-21(28)17(2)12-19/h16-22,31H,3-15H2,1-2H3,(H,29,32)(H,30,33)/t16?,17?,18?,19?,20?,21?,22-,25?,26?/m0/s1. The molecule has 5 saturated carbocycles. The molecule has 2 bridgehead atoms. The lowest BCUT2D eigenvalue weighted by Crippen LogP contribution is -2.70. The molecular formula is C26H42Cl2N2O5. The molecule has 0 aliphatic heterocycles. The molecule has 7 atom stereocenters. The van der Waals surface area contributed by atoms with Crippen LogP contribution in [-0.2, 0) is 19.1 Å². The third-order valence-electron chi connectivity index (χ3n) is 9.05. The molecule has 6 unspecified atom stereocenters. The van der Waals surface area contributed by atoms with E-state index in [-0.39, 0.29) is 48.0 Å². The Morgan fingerprint density at radius 3 is 1.77 bits per heavy atom. The minimum atomic E-state index is -0.707. The van der Waals surface area contributed by atoms with Crippen LogP contribution in [0.3, 0.4) is 0 Å². The molecule has 35 heavy (non-hydrogen) atoms. The van der Waals surface area contributed by atoms with E-state index in [0.29, 0.717) is 31.1 Å². The van der Waals surface area contributed by atoms with Crippen molar-refractivity contribution >= 4 is 35.0 Å². The van der Waals surface area contributed by atoms with E-state index in [1.807, 2.05) is 0 Å². The van der Waals surface area contributed by atoms with E-state index in [2.05, 4.69) is 24.5 Å². The molecule has 200 valence electrons. The molecule has 3 N–H and O–H groups in total. The SMILES string of the molecule is CC1CC(OCC(=O)NC23CCC(NC(=O)COC4CCC(Cl)C(C)C4)(CC2)[C@@H](O)C3)CCC1Cl. The van der Waals surface area contributed by atoms with Gasteiger partial charge >= 0.3 is 0 Å². The van der Waals surface area contributed by atoms with Gasteiger partial charge < -0.3 is 25.2 Å². The fraction of sp³-hybridized carbons (Fsp3) is 0.923. The van der Waals surface area contributed by atoms with Crippen molar-refractivity contribution in [1.29, 1.82) is 0 Å². The second-order valence-electron chi connectivity index (χ2n) is 11.7. The van der Waals surface area contributed by atoms with E-state index in [1.54, 1.807) is 0 Å². The maximum absolute atomic E-state index is 12.7. The smallest absolute Gasteiger partial charge is 0.246 e. The lowest BCUT2D eigenvalue weighted by atomic mass is 9.60. The number of rotatable bonds is 8. The second-order valence-corrected chi connectivity index (χ2v) is 12.9. The number of halogens is 2. The normalized spacial score (nSPS) is 43.5. The van der Waals surface area contributed by atoms with Gasteiger partial charge in [-0.25, -0.2) is 0 Å². The molecule has 0 spiro atoms. The van der Waals surface area contributed by atoms with Crippen molar-refractivity contribution in [1.82, 2.24) is 10.6 Å². The van der Waals surface area contributed by atoms with Gasteiger partial charge in [-0.2, -0.15) is 0 Å². The number of aliphatic hydroxyl groups excluding tert-OH is 1. The van der Waals surface area contributed by atoms with Crippen LogP contribution in [0.4, 0.5) is 0 Å². The third kappa shape index (κ3) is 6.64. The number of fused-ring (bicyclic) bond motifs is 3. The van der Waals surface area contributed by atoms with Crippen molar-refractivity contribution in [2.75, 3.05) is 13.2 Å². The highest BCUT2D eigenvalue weighted by Crippen LogP contribution is 2.47. The second kappa shape index (κ2) is 11.4. The Morgan fingerprint density at radius 1 is 0.829 bits per heavy atom. The highest BCUT2D eigenvalue weighted by Gasteiger charge is 2.55. The molecule has 5 aliphatic rings. The summed E-state index contributed by atoms with van der Waals surface area (Å²) < 4.78 is 11.8. The van der Waals surface area contributed by atoms with Crippen LogP contribution in [0.5, 0.6) is 0 Å². The number of nitrogens with one attached hydrogen (secondary N) is 2. The summed E-state index contributed by atoms with van der Waals surface area (Å²) in [5.74, 6) is 0.457. The number of amides is 2. The third-order valence-corrected chi connectivity index (χ3v) is 10.3. The molecule has 9 heteroatoms. The molecule has 5 fully saturated rings. The first-order chi connectivity index (χ1) is 16.6. The van der Waals surface area contributed by atoms with Gasteiger partial charge in [-0.05, 0) is 82.5 Å². The number of hydrogen-bond donors (Lipinski definition) is 3. The van der Waals surface area contributed by atoms with Gasteiger partial charge in [0.05, 0.1) is 23.9 Å². The average molecular weight is 534 g/mol. The van der Waals surface area contributed by atoms with Crippen molar-refractivity contribution in [3.8, 4) is 0 Å². The summed E-state index contributed by atoms with van der Waals surface area (Å²) in [6.45, 7) is 4.28. The van der Waals surface area contributed by atoms with Crippen LogP contribution in [0.2, 0.25) is 0 Å². The van der Waals surface area contributed by atoms with Gasteiger partial charge in [0.15, 0.2) is 0 Å². The Morgan fingerprint density at radius 2 is 1.31 bits per heavy atom. The maximum Gasteiger partial charge on any atom is 0.246 e. The van der Waals surface area contributed by atoms with E-state index in [9.17, 15) is 14.7 Å². The lowest BCUT2D eigenvalue weighted by Gasteiger charge is -2.56. The van der Waals surface area contributed by atoms with Gasteiger partial charge in [-0.3, -0.25) is 9.59 Å². The summed E-state index contributed by atoms with van der Waals surface area (Å²) in [4.78, 5) is 25.4. The lowest BCUT2D eigenvalue weighted by molar-refractivity contribution is -0.142. The summed E-state index contributed by atoms with van der Waals surface area (Å²) in [5, 5.41) is 17.6. The number of alkyl halides is 2. The zero-order chi connectivity index (χ0) is 25.2. The Kier molecular flexibility index (Phi) is 8.95. The minimum Gasteiger partial charge on any atom is -0.391 e. The van der Waals surface area contributed by atoms with Crippen molar-refractivity contribution < 1.29 is 24.2 Å². The number of ether oxygens (including phenoxy) is 2. The van der Waals surface area contributed by atoms with Crippen LogP contribution < -0.4 is 10.6 Å². The van der Waals surface area contributed by atoms with Crippen LogP contribution in [0.15, 0.2) is 0 Å². The summed E-state index contributed by atoms with van der Waals surface area (Å²) in [6.07, 6.45) is 7.90. The number of hydrogen-bond acceptors (Lipinski definition) is 5. The molecule has 5 rings (SSSR count). The van der Waals surface area contributed by atoms with E-state index in [4.69, 9.17) is 32.7 Å².